The first-order valence-corrected chi connectivity index (χ1v) is 8.47. The van der Waals surface area contributed by atoms with Crippen molar-refractivity contribution in [2.24, 2.45) is 0 Å². The van der Waals surface area contributed by atoms with Gasteiger partial charge >= 0.3 is 17.1 Å². The fraction of sp³-hybridized carbons (Fsp3) is 0.364. The van der Waals surface area contributed by atoms with Gasteiger partial charge in [0, 0.05) is 11.1 Å². The van der Waals surface area contributed by atoms with Gasteiger partial charge in [-0.2, -0.15) is 0 Å². The van der Waals surface area contributed by atoms with E-state index in [4.69, 9.17) is 0 Å². The Morgan fingerprint density at radius 1 is 0.630 bits per heavy atom. The first-order chi connectivity index (χ1) is 11.9. The second-order valence-electron chi connectivity index (χ2n) is 8.17. The van der Waals surface area contributed by atoms with Gasteiger partial charge in [-0.15, -0.1) is 0 Å². The summed E-state index contributed by atoms with van der Waals surface area (Å²) < 4.78 is 0. The number of carboxylic acids is 2. The van der Waals surface area contributed by atoms with Crippen LogP contribution >= 0.6 is 0 Å². The largest absolute Gasteiger partial charge is 2.00 e. The van der Waals surface area contributed by atoms with Gasteiger partial charge in [-0.05, 0) is 22.0 Å². The predicted octanol–water partition coefficient (Wildman–Crippen LogP) is 2.69. The smallest absolute Gasteiger partial charge is 0.545 e. The SMILES string of the molecule is CC(C)(C)c1ccccc1C(=O)[O-].CC(C)(C)c1ccccc1C(=O)[O-].[Cu+2]. The summed E-state index contributed by atoms with van der Waals surface area (Å²) in [5.74, 6) is -2.21. The molecular weight excluding hydrogens is 392 g/mol. The molecule has 0 aromatic heterocycles. The zero-order valence-electron chi connectivity index (χ0n) is 16.6. The minimum Gasteiger partial charge on any atom is -0.545 e. The van der Waals surface area contributed by atoms with Crippen LogP contribution in [0.15, 0.2) is 48.5 Å². The van der Waals surface area contributed by atoms with Crippen molar-refractivity contribution in [3.05, 3.63) is 70.8 Å². The predicted molar refractivity (Wildman–Crippen MR) is 98.9 cm³/mol. The Bertz CT molecular complexity index is 716. The summed E-state index contributed by atoms with van der Waals surface area (Å²) in [5.41, 5.74) is 1.89. The third-order valence-corrected chi connectivity index (χ3v) is 3.91. The first-order valence-electron chi connectivity index (χ1n) is 8.47. The molecule has 0 N–H and O–H groups in total. The number of aromatic carboxylic acids is 2. The van der Waals surface area contributed by atoms with Crippen LogP contribution in [-0.2, 0) is 27.9 Å². The molecule has 2 aromatic rings. The summed E-state index contributed by atoms with van der Waals surface area (Å²) in [5, 5.41) is 21.5. The third kappa shape index (κ3) is 7.20. The number of benzene rings is 2. The van der Waals surface area contributed by atoms with Crippen molar-refractivity contribution in [1.29, 1.82) is 0 Å². The van der Waals surface area contributed by atoms with Gasteiger partial charge in [-0.1, -0.05) is 90.1 Å². The standard InChI is InChI=1S/2C11H14O2.Cu/c2*1-11(2,3)9-7-5-4-6-8(9)10(12)13;/h2*4-7H,1-3H3,(H,12,13);/q;;+2/p-2. The monoisotopic (exact) mass is 417 g/mol. The molecule has 0 saturated carbocycles. The van der Waals surface area contributed by atoms with Crippen molar-refractivity contribution in [3.63, 3.8) is 0 Å². The Kier molecular flexibility index (Phi) is 8.97. The minimum absolute atomic E-state index is 0. The van der Waals surface area contributed by atoms with E-state index in [1.165, 1.54) is 0 Å². The van der Waals surface area contributed by atoms with Crippen LogP contribution < -0.4 is 10.2 Å². The summed E-state index contributed by atoms with van der Waals surface area (Å²) in [7, 11) is 0. The Labute approximate surface area is 172 Å². The van der Waals surface area contributed by atoms with Crippen LogP contribution in [0.1, 0.15) is 73.4 Å². The van der Waals surface area contributed by atoms with Gasteiger partial charge in [0.25, 0.3) is 0 Å². The normalized spacial score (nSPS) is 10.9. The van der Waals surface area contributed by atoms with Crippen molar-refractivity contribution in [2.75, 3.05) is 0 Å². The molecule has 0 atom stereocenters. The van der Waals surface area contributed by atoms with Crippen molar-refractivity contribution in [3.8, 4) is 0 Å². The van der Waals surface area contributed by atoms with E-state index in [0.717, 1.165) is 11.1 Å². The summed E-state index contributed by atoms with van der Waals surface area (Å²) in [4.78, 5) is 21.5. The molecule has 2 rings (SSSR count). The van der Waals surface area contributed by atoms with E-state index in [1.807, 2.05) is 65.8 Å². The average molecular weight is 418 g/mol. The Hall–Kier alpha value is -2.10. The van der Waals surface area contributed by atoms with E-state index >= 15 is 0 Å². The van der Waals surface area contributed by atoms with Gasteiger partial charge in [0.1, 0.15) is 0 Å². The molecule has 0 unspecified atom stereocenters. The Morgan fingerprint density at radius 2 is 0.889 bits per heavy atom. The van der Waals surface area contributed by atoms with Gasteiger partial charge < -0.3 is 19.8 Å². The van der Waals surface area contributed by atoms with Gasteiger partial charge in [0.05, 0.1) is 11.9 Å². The number of rotatable bonds is 2. The molecule has 5 heteroatoms. The molecule has 4 nitrogen and oxygen atoms in total. The van der Waals surface area contributed by atoms with Gasteiger partial charge in [0.15, 0.2) is 0 Å². The van der Waals surface area contributed by atoms with Crippen molar-refractivity contribution in [1.82, 2.24) is 0 Å². The van der Waals surface area contributed by atoms with Gasteiger partial charge in [0.2, 0.25) is 0 Å². The molecule has 149 valence electrons. The molecule has 0 fully saturated rings. The van der Waals surface area contributed by atoms with E-state index in [1.54, 1.807) is 24.3 Å². The zero-order chi connectivity index (χ0) is 20.1. The van der Waals surface area contributed by atoms with E-state index in [-0.39, 0.29) is 39.0 Å². The molecule has 27 heavy (non-hydrogen) atoms. The van der Waals surface area contributed by atoms with Gasteiger partial charge in [-0.25, -0.2) is 0 Å². The molecule has 0 aliphatic rings. The van der Waals surface area contributed by atoms with E-state index in [0.29, 0.717) is 0 Å². The first kappa shape index (κ1) is 24.9. The second kappa shape index (κ2) is 9.72. The van der Waals surface area contributed by atoms with Crippen LogP contribution in [0.2, 0.25) is 0 Å². The topological polar surface area (TPSA) is 80.3 Å². The maximum atomic E-state index is 10.8. The van der Waals surface area contributed by atoms with Crippen LogP contribution in [-0.4, -0.2) is 11.9 Å². The summed E-state index contributed by atoms with van der Waals surface area (Å²) >= 11 is 0. The fourth-order valence-electron chi connectivity index (χ4n) is 2.63. The van der Waals surface area contributed by atoms with E-state index in [2.05, 4.69) is 0 Å². The molecule has 0 bridgehead atoms. The number of hydrogen-bond donors (Lipinski definition) is 0. The molecule has 0 heterocycles. The summed E-state index contributed by atoms with van der Waals surface area (Å²) in [6.45, 7) is 11.9. The molecule has 0 aliphatic carbocycles. The zero-order valence-corrected chi connectivity index (χ0v) is 17.5. The quantitative estimate of drug-likeness (QED) is 0.703. The molecule has 0 saturated heterocycles. The Morgan fingerprint density at radius 3 is 1.07 bits per heavy atom. The minimum atomic E-state index is -1.11. The van der Waals surface area contributed by atoms with Crippen LogP contribution in [0.5, 0.6) is 0 Å². The molecule has 0 spiro atoms. The molecule has 2 aromatic carbocycles. The molecular formula is C22H26CuO4. The van der Waals surface area contributed by atoms with E-state index < -0.39 is 11.9 Å². The number of carbonyl (C=O) groups excluding carboxylic acids is 2. The van der Waals surface area contributed by atoms with Crippen molar-refractivity contribution in [2.45, 2.75) is 52.4 Å². The van der Waals surface area contributed by atoms with Crippen molar-refractivity contribution < 1.29 is 36.9 Å². The molecule has 0 aliphatic heterocycles. The number of hydrogen-bond acceptors (Lipinski definition) is 4. The number of carbonyl (C=O) groups is 2. The third-order valence-electron chi connectivity index (χ3n) is 3.91. The Balaban J connectivity index is 0.000000483. The van der Waals surface area contributed by atoms with Gasteiger partial charge in [-0.3, -0.25) is 0 Å². The van der Waals surface area contributed by atoms with Crippen LogP contribution in [0.25, 0.3) is 0 Å². The maximum absolute atomic E-state index is 10.8. The molecule has 1 radical (unpaired) electrons. The number of carboxylic acid groups (broad SMARTS) is 2. The van der Waals surface area contributed by atoms with E-state index in [9.17, 15) is 19.8 Å². The van der Waals surface area contributed by atoms with Crippen molar-refractivity contribution >= 4 is 11.9 Å². The second-order valence-corrected chi connectivity index (χ2v) is 8.17. The van der Waals surface area contributed by atoms with Crippen LogP contribution in [0.3, 0.4) is 0 Å². The molecule has 0 amide bonds. The summed E-state index contributed by atoms with van der Waals surface area (Å²) in [6.07, 6.45) is 0. The maximum Gasteiger partial charge on any atom is 2.00 e. The van der Waals surface area contributed by atoms with Crippen LogP contribution in [0.4, 0.5) is 0 Å². The average Bonchev–Trinajstić information content (AvgIpc) is 2.54. The van der Waals surface area contributed by atoms with Crippen LogP contribution in [0, 0.1) is 0 Å². The fourth-order valence-corrected chi connectivity index (χ4v) is 2.63. The summed E-state index contributed by atoms with van der Waals surface area (Å²) in [6, 6.07) is 13.9.